The lowest BCUT2D eigenvalue weighted by molar-refractivity contribution is -0.0299. The van der Waals surface area contributed by atoms with Gasteiger partial charge in [-0.3, -0.25) is 0 Å². The molecule has 0 aliphatic heterocycles. The number of hydrogen-bond donors (Lipinski definition) is 3. The van der Waals surface area contributed by atoms with Crippen molar-refractivity contribution in [2.45, 2.75) is 25.9 Å². The van der Waals surface area contributed by atoms with Crippen molar-refractivity contribution in [3.05, 3.63) is 0 Å². The number of hydrogen-bond acceptors (Lipinski definition) is 7. The molecular formula is C9H20N2O3S2. The monoisotopic (exact) mass is 268 g/mol. The zero-order valence-electron chi connectivity index (χ0n) is 9.86. The van der Waals surface area contributed by atoms with Gasteiger partial charge in [-0.2, -0.15) is 11.0 Å². The summed E-state index contributed by atoms with van der Waals surface area (Å²) in [4.78, 5) is 9.66. The lowest BCUT2D eigenvalue weighted by Crippen LogP contribution is -2.41. The van der Waals surface area contributed by atoms with Crippen LogP contribution in [0.1, 0.15) is 19.8 Å². The summed E-state index contributed by atoms with van der Waals surface area (Å²) >= 11 is 9.04. The van der Waals surface area contributed by atoms with E-state index in [-0.39, 0.29) is 12.1 Å². The maximum atomic E-state index is 5.15. The maximum absolute atomic E-state index is 5.15. The maximum Gasteiger partial charge on any atom is 0.163 e. The molecule has 0 saturated heterocycles. The minimum absolute atomic E-state index is 0.0729. The average molecular weight is 268 g/mol. The van der Waals surface area contributed by atoms with E-state index in [9.17, 15) is 0 Å². The fraction of sp³-hybridized carbons (Fsp3) is 0.889. The largest absolute Gasteiger partial charge is 0.476 e. The van der Waals surface area contributed by atoms with E-state index >= 15 is 0 Å². The Hall–Kier alpha value is 0.0800. The van der Waals surface area contributed by atoms with E-state index < -0.39 is 0 Å². The molecule has 0 aliphatic carbocycles. The van der Waals surface area contributed by atoms with Gasteiger partial charge in [-0.25, -0.2) is 0 Å². The van der Waals surface area contributed by atoms with E-state index in [1.807, 2.05) is 6.92 Å². The molecule has 1 atom stereocenters. The van der Waals surface area contributed by atoms with Crippen molar-refractivity contribution in [3.8, 4) is 0 Å². The van der Waals surface area contributed by atoms with Crippen LogP contribution in [-0.2, 0) is 14.4 Å². The Bertz CT molecular complexity index is 190. The minimum Gasteiger partial charge on any atom is -0.476 e. The standard InChI is InChI=1S/C9H20N2O3S2/c1-7(9(16)14-6-15)4-5-8(10-12-2)11-13-3/h7-8,10-11,15H,4-6H2,1-3H3. The van der Waals surface area contributed by atoms with Crippen LogP contribution in [0.5, 0.6) is 0 Å². The number of rotatable bonds is 9. The fourth-order valence-corrected chi connectivity index (χ4v) is 1.57. The molecular weight excluding hydrogens is 248 g/mol. The molecule has 2 N–H and O–H groups in total. The first kappa shape index (κ1) is 16.1. The second kappa shape index (κ2) is 10.2. The molecule has 0 fully saturated rings. The van der Waals surface area contributed by atoms with Crippen LogP contribution < -0.4 is 11.0 Å². The van der Waals surface area contributed by atoms with Crippen LogP contribution in [0.25, 0.3) is 0 Å². The van der Waals surface area contributed by atoms with E-state index in [1.54, 1.807) is 14.2 Å². The topological polar surface area (TPSA) is 51.8 Å². The molecule has 0 rings (SSSR count). The zero-order valence-corrected chi connectivity index (χ0v) is 11.6. The van der Waals surface area contributed by atoms with Crippen LogP contribution in [0.2, 0.25) is 0 Å². The highest BCUT2D eigenvalue weighted by atomic mass is 32.1. The molecule has 16 heavy (non-hydrogen) atoms. The van der Waals surface area contributed by atoms with E-state index in [2.05, 4.69) is 23.6 Å². The first-order valence-corrected chi connectivity index (χ1v) is 6.04. The van der Waals surface area contributed by atoms with Crippen LogP contribution in [-0.4, -0.2) is 31.4 Å². The Labute approximate surface area is 108 Å². The molecule has 0 saturated carbocycles. The third-order valence-corrected chi connectivity index (χ3v) is 2.67. The highest BCUT2D eigenvalue weighted by molar-refractivity contribution is 7.81. The van der Waals surface area contributed by atoms with Gasteiger partial charge in [0.25, 0.3) is 0 Å². The molecule has 0 amide bonds. The van der Waals surface area contributed by atoms with Gasteiger partial charge in [0.15, 0.2) is 5.05 Å². The van der Waals surface area contributed by atoms with Gasteiger partial charge in [0.2, 0.25) is 0 Å². The van der Waals surface area contributed by atoms with Gasteiger partial charge in [-0.1, -0.05) is 6.92 Å². The first-order chi connectivity index (χ1) is 7.65. The van der Waals surface area contributed by atoms with Crippen molar-refractivity contribution in [2.24, 2.45) is 5.92 Å². The fourth-order valence-electron chi connectivity index (χ4n) is 1.17. The average Bonchev–Trinajstić information content (AvgIpc) is 2.26. The Balaban J connectivity index is 3.84. The second-order valence-corrected chi connectivity index (χ2v) is 3.93. The number of hydroxylamine groups is 2. The summed E-state index contributed by atoms with van der Waals surface area (Å²) in [6.07, 6.45) is 1.60. The van der Waals surface area contributed by atoms with Gasteiger partial charge in [-0.15, -0.1) is 12.6 Å². The summed E-state index contributed by atoms with van der Waals surface area (Å²) in [6, 6.07) is 0. The van der Waals surface area contributed by atoms with Gasteiger partial charge in [0.1, 0.15) is 12.1 Å². The third-order valence-electron chi connectivity index (χ3n) is 2.02. The Kier molecular flexibility index (Phi) is 10.3. The van der Waals surface area contributed by atoms with E-state index in [0.29, 0.717) is 11.0 Å². The Morgan fingerprint density at radius 3 is 2.25 bits per heavy atom. The molecule has 0 spiro atoms. The summed E-state index contributed by atoms with van der Waals surface area (Å²) in [7, 11) is 3.12. The molecule has 0 heterocycles. The van der Waals surface area contributed by atoms with Gasteiger partial charge < -0.3 is 14.4 Å². The second-order valence-electron chi connectivity index (χ2n) is 3.27. The smallest absolute Gasteiger partial charge is 0.163 e. The Morgan fingerprint density at radius 2 is 1.81 bits per heavy atom. The van der Waals surface area contributed by atoms with Crippen molar-refractivity contribution < 1.29 is 14.4 Å². The molecule has 5 nitrogen and oxygen atoms in total. The lowest BCUT2D eigenvalue weighted by Gasteiger charge is -2.19. The van der Waals surface area contributed by atoms with Crippen LogP contribution in [0.4, 0.5) is 0 Å². The molecule has 96 valence electrons. The molecule has 0 bridgehead atoms. The first-order valence-electron chi connectivity index (χ1n) is 5.00. The van der Waals surface area contributed by atoms with Gasteiger partial charge in [0.05, 0.1) is 14.2 Å². The normalized spacial score (nSPS) is 12.8. The SMILES string of the molecule is CONC(CCC(C)C(=S)OCS)NOC. The Morgan fingerprint density at radius 1 is 1.25 bits per heavy atom. The number of nitrogens with one attached hydrogen (secondary N) is 2. The molecule has 0 aromatic rings. The highest BCUT2D eigenvalue weighted by Crippen LogP contribution is 2.11. The predicted octanol–water partition coefficient (Wildman–Crippen LogP) is 1.26. The summed E-state index contributed by atoms with van der Waals surface area (Å²) in [5, 5.41) is 0.587. The lowest BCUT2D eigenvalue weighted by atomic mass is 10.1. The molecule has 0 aromatic heterocycles. The zero-order chi connectivity index (χ0) is 12.4. The van der Waals surface area contributed by atoms with Crippen molar-refractivity contribution in [2.75, 3.05) is 20.2 Å². The van der Waals surface area contributed by atoms with Crippen LogP contribution in [0, 0.1) is 5.92 Å². The molecule has 1 unspecified atom stereocenters. The van der Waals surface area contributed by atoms with E-state index in [1.165, 1.54) is 0 Å². The van der Waals surface area contributed by atoms with Crippen LogP contribution in [0.15, 0.2) is 0 Å². The summed E-state index contributed by atoms with van der Waals surface area (Å²) in [5.74, 6) is 0.515. The predicted molar refractivity (Wildman–Crippen MR) is 70.0 cm³/mol. The van der Waals surface area contributed by atoms with Gasteiger partial charge in [0, 0.05) is 5.92 Å². The third kappa shape index (κ3) is 7.37. The van der Waals surface area contributed by atoms with E-state index in [4.69, 9.17) is 26.6 Å². The molecule has 7 heteroatoms. The summed E-state index contributed by atoms with van der Waals surface area (Å²) in [5.41, 5.74) is 5.55. The minimum atomic E-state index is -0.0729. The number of thiocarbonyl (C=S) groups is 1. The number of ether oxygens (including phenoxy) is 1. The summed E-state index contributed by atoms with van der Waals surface area (Å²) in [6.45, 7) is 2.02. The molecule has 0 aliphatic rings. The van der Waals surface area contributed by atoms with E-state index in [0.717, 1.165) is 12.8 Å². The van der Waals surface area contributed by atoms with Crippen molar-refractivity contribution in [1.29, 1.82) is 0 Å². The highest BCUT2D eigenvalue weighted by Gasteiger charge is 2.14. The molecule has 0 radical (unpaired) electrons. The van der Waals surface area contributed by atoms with Crippen LogP contribution >= 0.6 is 24.8 Å². The molecule has 0 aromatic carbocycles. The summed E-state index contributed by atoms with van der Waals surface area (Å²) < 4.78 is 5.15. The van der Waals surface area contributed by atoms with Crippen LogP contribution in [0.3, 0.4) is 0 Å². The quantitative estimate of drug-likeness (QED) is 0.253. The number of thiol groups is 1. The van der Waals surface area contributed by atoms with Crippen molar-refractivity contribution in [3.63, 3.8) is 0 Å². The van der Waals surface area contributed by atoms with Gasteiger partial charge in [-0.05, 0) is 25.1 Å². The van der Waals surface area contributed by atoms with Crippen molar-refractivity contribution >= 4 is 29.9 Å². The van der Waals surface area contributed by atoms with Crippen molar-refractivity contribution in [1.82, 2.24) is 11.0 Å². The van der Waals surface area contributed by atoms with Gasteiger partial charge >= 0.3 is 0 Å².